The molecule has 18 nitrogen and oxygen atoms in total. The predicted octanol–water partition coefficient (Wildman–Crippen LogP) is 5.00. The van der Waals surface area contributed by atoms with Gasteiger partial charge in [0.25, 0.3) is 0 Å². The molecule has 54 heavy (non-hydrogen) atoms. The molecule has 0 aliphatic carbocycles. The van der Waals surface area contributed by atoms with Crippen LogP contribution in [-0.4, -0.2) is 117 Å². The third-order valence-electron chi connectivity index (χ3n) is 7.68. The van der Waals surface area contributed by atoms with E-state index in [1.165, 1.54) is 0 Å². The van der Waals surface area contributed by atoms with Gasteiger partial charge in [-0.2, -0.15) is 15.0 Å². The van der Waals surface area contributed by atoms with E-state index in [2.05, 4.69) is 36.2 Å². The van der Waals surface area contributed by atoms with Crippen LogP contribution in [0.1, 0.15) is 95.9 Å². The van der Waals surface area contributed by atoms with Gasteiger partial charge in [0.2, 0.25) is 11.2 Å². The molecule has 19 heteroatoms. The number of carbonyl (C=O) groups is 4. The highest BCUT2D eigenvalue weighted by molar-refractivity contribution is 6.28. The van der Waals surface area contributed by atoms with E-state index in [-0.39, 0.29) is 24.0 Å². The molecule has 2 aliphatic rings. The molecule has 2 saturated heterocycles. The molecule has 0 spiro atoms. The molecule has 4 rings (SSSR count). The summed E-state index contributed by atoms with van der Waals surface area (Å²) in [6.45, 7) is 22.5. The summed E-state index contributed by atoms with van der Waals surface area (Å²) in [4.78, 5) is 72.1. The zero-order valence-corrected chi connectivity index (χ0v) is 34.2. The van der Waals surface area contributed by atoms with Crippen LogP contribution in [-0.2, 0) is 18.9 Å². The number of aromatic amines is 1. The normalized spacial score (nSPS) is 21.2. The fraction of sp³-hybridized carbons (Fsp3) is 0.743. The zero-order valence-electron chi connectivity index (χ0n) is 33.4. The Hall–Kier alpha value is -4.48. The second-order valence-corrected chi connectivity index (χ2v) is 18.1. The van der Waals surface area contributed by atoms with Crippen LogP contribution in [0.3, 0.4) is 0 Å². The maximum atomic E-state index is 12.9. The van der Waals surface area contributed by atoms with Crippen LogP contribution in [0.2, 0.25) is 5.28 Å². The Morgan fingerprint density at radius 1 is 0.574 bits per heavy atom. The summed E-state index contributed by atoms with van der Waals surface area (Å²) in [5, 5.41) is 11.6. The number of aromatic nitrogens is 4. The smallest absolute Gasteiger partial charge is 0.407 e. The maximum Gasteiger partial charge on any atom is 0.407 e. The van der Waals surface area contributed by atoms with Gasteiger partial charge >= 0.3 is 24.4 Å². The van der Waals surface area contributed by atoms with Crippen molar-refractivity contribution in [2.75, 3.05) is 36.0 Å². The lowest BCUT2D eigenvalue weighted by atomic mass is 10.0. The van der Waals surface area contributed by atoms with Crippen molar-refractivity contribution in [1.82, 2.24) is 41.2 Å². The van der Waals surface area contributed by atoms with E-state index in [0.29, 0.717) is 43.2 Å². The Kier molecular flexibility index (Phi) is 12.6. The van der Waals surface area contributed by atoms with Crippen LogP contribution in [0.25, 0.3) is 11.2 Å². The van der Waals surface area contributed by atoms with Gasteiger partial charge in [-0.15, -0.1) is 0 Å². The number of alkyl carbamates (subject to hydrolysis) is 4. The van der Waals surface area contributed by atoms with Crippen molar-refractivity contribution < 1.29 is 38.1 Å². The van der Waals surface area contributed by atoms with Gasteiger partial charge in [0.05, 0.1) is 24.2 Å². The van der Waals surface area contributed by atoms with E-state index >= 15 is 0 Å². The molecule has 2 aromatic heterocycles. The van der Waals surface area contributed by atoms with Gasteiger partial charge in [-0.1, -0.05) is 0 Å². The molecule has 4 amide bonds. The first-order chi connectivity index (χ1) is 24.7. The molecule has 0 saturated carbocycles. The average Bonchev–Trinajstić information content (AvgIpc) is 3.36. The van der Waals surface area contributed by atoms with E-state index in [9.17, 15) is 19.2 Å². The molecule has 0 bridgehead atoms. The molecule has 2 aliphatic heterocycles. The van der Waals surface area contributed by atoms with E-state index in [4.69, 9.17) is 35.5 Å². The van der Waals surface area contributed by atoms with Gasteiger partial charge in [0.15, 0.2) is 11.5 Å². The van der Waals surface area contributed by atoms with E-state index in [0.717, 1.165) is 0 Å². The van der Waals surface area contributed by atoms with Crippen LogP contribution in [0.15, 0.2) is 0 Å². The number of amides is 4. The third-order valence-corrected chi connectivity index (χ3v) is 7.84. The predicted molar refractivity (Wildman–Crippen MR) is 203 cm³/mol. The van der Waals surface area contributed by atoms with Gasteiger partial charge in [0, 0.05) is 26.2 Å². The number of rotatable bonds is 6. The van der Waals surface area contributed by atoms with Crippen LogP contribution in [0.5, 0.6) is 0 Å². The fourth-order valence-electron chi connectivity index (χ4n) is 6.08. The van der Waals surface area contributed by atoms with Gasteiger partial charge in [-0.3, -0.25) is 0 Å². The number of carbonyl (C=O) groups excluding carboxylic acids is 4. The number of H-pyrrole nitrogens is 1. The number of hydrogen-bond donors (Lipinski definition) is 5. The summed E-state index contributed by atoms with van der Waals surface area (Å²) in [7, 11) is 0. The highest BCUT2D eigenvalue weighted by Gasteiger charge is 2.36. The lowest BCUT2D eigenvalue weighted by Gasteiger charge is -2.39. The summed E-state index contributed by atoms with van der Waals surface area (Å²) < 4.78 is 22.1. The Labute approximate surface area is 321 Å². The summed E-state index contributed by atoms with van der Waals surface area (Å²) in [5.74, 6) is 0.776. The van der Waals surface area contributed by atoms with Crippen molar-refractivity contribution in [1.29, 1.82) is 0 Å². The number of anilines is 2. The number of imidazole rings is 1. The van der Waals surface area contributed by atoms with E-state index in [1.54, 1.807) is 83.1 Å². The quantitative estimate of drug-likeness (QED) is 0.193. The highest BCUT2D eigenvalue weighted by Crippen LogP contribution is 2.30. The summed E-state index contributed by atoms with van der Waals surface area (Å²) in [6.07, 6.45) is -1.61. The Bertz CT molecular complexity index is 1600. The summed E-state index contributed by atoms with van der Waals surface area (Å²) in [6, 6.07) is -1.84. The molecule has 0 unspecified atom stereocenters. The molecule has 0 aromatic carbocycles. The Balaban J connectivity index is 1.65. The molecule has 302 valence electrons. The van der Waals surface area contributed by atoms with Crippen LogP contribution >= 0.6 is 11.6 Å². The van der Waals surface area contributed by atoms with Crippen LogP contribution < -0.4 is 31.1 Å². The summed E-state index contributed by atoms with van der Waals surface area (Å²) >= 11 is 6.47. The summed E-state index contributed by atoms with van der Waals surface area (Å²) in [5.41, 5.74) is -2.15. The van der Waals surface area contributed by atoms with Gasteiger partial charge in [-0.05, 0) is 108 Å². The Morgan fingerprint density at radius 3 is 1.24 bits per heavy atom. The largest absolute Gasteiger partial charge is 0.444 e. The first-order valence-corrected chi connectivity index (χ1v) is 18.5. The fourth-order valence-corrected chi connectivity index (χ4v) is 6.24. The molecule has 5 N–H and O–H groups in total. The lowest BCUT2D eigenvalue weighted by Crippen LogP contribution is -2.58. The highest BCUT2D eigenvalue weighted by atomic mass is 35.5. The molecular formula is C35H57ClN10O8. The third kappa shape index (κ3) is 13.4. The van der Waals surface area contributed by atoms with Gasteiger partial charge in [0.1, 0.15) is 27.9 Å². The molecule has 2 aromatic rings. The van der Waals surface area contributed by atoms with Crippen LogP contribution in [0, 0.1) is 0 Å². The number of ether oxygens (including phenoxy) is 4. The van der Waals surface area contributed by atoms with E-state index < -0.39 is 70.9 Å². The lowest BCUT2D eigenvalue weighted by molar-refractivity contribution is 0.0452. The standard InChI is InChI=1S/C35H57ClN10O8/c1-32(2,3)51-28(47)37-19-13-20(38-29(48)52-33(4,5)6)16-45(15-19)25-23-24(42-26(36)44-25)43-27(41-23)46-17-21(39-30(49)53-34(7,8)9)14-22(18-46)40-31(50)54-35(10,11)12/h19-22H,13-18H2,1-12H3,(H,37,47)(H,38,48)(H,39,49)(H,40,50)(H,41,42,43,44)/t19-,20+,21-,22+. The molecule has 4 atom stereocenters. The van der Waals surface area contributed by atoms with Gasteiger partial charge in [-0.25, -0.2) is 19.2 Å². The van der Waals surface area contributed by atoms with Crippen molar-refractivity contribution in [3.8, 4) is 0 Å². The van der Waals surface area contributed by atoms with Crippen molar-refractivity contribution >= 4 is 58.9 Å². The van der Waals surface area contributed by atoms with E-state index in [1.807, 2.05) is 9.80 Å². The SMILES string of the molecule is CC(C)(C)OC(=O)N[C@@H]1C[C@H](NC(=O)OC(C)(C)C)CN(c2nc3nc(Cl)nc(N4C[C@H](NC(=O)OC(C)(C)C)C[C@H](NC(=O)OC(C)(C)C)C4)c3[nH]2)C1. The van der Waals surface area contributed by atoms with Crippen molar-refractivity contribution in [2.45, 2.75) is 142 Å². The first kappa shape index (κ1) is 42.3. The number of hydrogen-bond acceptors (Lipinski definition) is 13. The number of fused-ring (bicyclic) bond motifs is 1. The number of piperidine rings is 2. The monoisotopic (exact) mass is 780 g/mol. The minimum Gasteiger partial charge on any atom is -0.444 e. The maximum absolute atomic E-state index is 12.9. The van der Waals surface area contributed by atoms with Gasteiger partial charge < -0.3 is 55.0 Å². The zero-order chi connectivity index (χ0) is 40.4. The number of halogens is 1. The second kappa shape index (κ2) is 16.1. The first-order valence-electron chi connectivity index (χ1n) is 18.1. The number of nitrogens with zero attached hydrogens (tertiary/aromatic N) is 5. The second-order valence-electron chi connectivity index (χ2n) is 17.7. The molecular weight excluding hydrogens is 724 g/mol. The van der Waals surface area contributed by atoms with Crippen molar-refractivity contribution in [3.05, 3.63) is 5.28 Å². The van der Waals surface area contributed by atoms with Crippen LogP contribution in [0.4, 0.5) is 30.9 Å². The van der Waals surface area contributed by atoms with Crippen molar-refractivity contribution in [3.63, 3.8) is 0 Å². The Morgan fingerprint density at radius 2 is 0.907 bits per heavy atom. The molecule has 4 heterocycles. The minimum absolute atomic E-state index is 0.0676. The van der Waals surface area contributed by atoms with Crippen molar-refractivity contribution in [2.24, 2.45) is 0 Å². The minimum atomic E-state index is -0.720. The topological polar surface area (TPSA) is 214 Å². The molecule has 2 fully saturated rings. The number of nitrogens with one attached hydrogen (secondary N) is 5. The molecule has 0 radical (unpaired) electrons. The average molecular weight is 781 g/mol.